The third-order valence-electron chi connectivity index (χ3n) is 2.83. The Morgan fingerprint density at radius 2 is 2.24 bits per heavy atom. The summed E-state index contributed by atoms with van der Waals surface area (Å²) in [5.41, 5.74) is 1.49. The molecule has 110 valence electrons. The molecule has 0 atom stereocenters. The lowest BCUT2D eigenvalue weighted by Crippen LogP contribution is -2.22. The van der Waals surface area contributed by atoms with Crippen LogP contribution in [0.4, 0.5) is 0 Å². The van der Waals surface area contributed by atoms with Crippen molar-refractivity contribution in [1.29, 1.82) is 0 Å². The van der Waals surface area contributed by atoms with Crippen LogP contribution in [0.15, 0.2) is 21.9 Å². The van der Waals surface area contributed by atoms with Crippen molar-refractivity contribution in [2.45, 2.75) is 26.8 Å². The number of amides is 1. The third-order valence-corrected chi connectivity index (χ3v) is 3.77. The van der Waals surface area contributed by atoms with Crippen molar-refractivity contribution in [3.63, 3.8) is 0 Å². The highest BCUT2D eigenvalue weighted by Crippen LogP contribution is 2.16. The minimum absolute atomic E-state index is 0.0729. The smallest absolute Gasteiger partial charge is 0.255 e. The van der Waals surface area contributed by atoms with Gasteiger partial charge in [-0.15, -0.1) is 11.3 Å². The maximum atomic E-state index is 12.0. The number of nitrogens with one attached hydrogen (secondary N) is 1. The number of carbonyl (C=O) groups is 1. The number of thiophene rings is 1. The number of hydrogen-bond donors (Lipinski definition) is 2. The topological polar surface area (TPSA) is 62.5 Å². The molecule has 0 aliphatic heterocycles. The normalized spacial score (nSPS) is 10.0. The molecular formula is C16H17NO3S. The van der Waals surface area contributed by atoms with E-state index in [0.29, 0.717) is 24.3 Å². The molecule has 0 spiro atoms. The SMILES string of the molecule is Cc1cc(C(=O)NCc2cc(C#CCCO)cs2)c(C)o1. The van der Waals surface area contributed by atoms with E-state index >= 15 is 0 Å². The molecule has 0 aliphatic rings. The monoisotopic (exact) mass is 303 g/mol. The molecule has 5 heteroatoms. The molecule has 1 amide bonds. The fourth-order valence-corrected chi connectivity index (χ4v) is 2.63. The summed E-state index contributed by atoms with van der Waals surface area (Å²) in [7, 11) is 0. The molecule has 2 aromatic rings. The van der Waals surface area contributed by atoms with Crippen molar-refractivity contribution in [2.24, 2.45) is 0 Å². The van der Waals surface area contributed by atoms with E-state index in [4.69, 9.17) is 9.52 Å². The van der Waals surface area contributed by atoms with Gasteiger partial charge >= 0.3 is 0 Å². The molecule has 21 heavy (non-hydrogen) atoms. The number of rotatable bonds is 4. The Morgan fingerprint density at radius 3 is 2.90 bits per heavy atom. The lowest BCUT2D eigenvalue weighted by Gasteiger charge is -2.01. The van der Waals surface area contributed by atoms with Crippen LogP contribution < -0.4 is 5.32 Å². The van der Waals surface area contributed by atoms with E-state index in [2.05, 4.69) is 17.2 Å². The van der Waals surface area contributed by atoms with E-state index in [1.807, 2.05) is 18.4 Å². The molecule has 2 heterocycles. The van der Waals surface area contributed by atoms with Crippen LogP contribution in [0, 0.1) is 25.7 Å². The van der Waals surface area contributed by atoms with Gasteiger partial charge in [-0.25, -0.2) is 0 Å². The van der Waals surface area contributed by atoms with Crippen LogP contribution in [-0.2, 0) is 6.54 Å². The summed E-state index contributed by atoms with van der Waals surface area (Å²) in [6.45, 7) is 4.14. The molecule has 0 saturated heterocycles. The summed E-state index contributed by atoms with van der Waals surface area (Å²) >= 11 is 1.55. The first kappa shape index (κ1) is 15.4. The Hall–Kier alpha value is -2.03. The molecular weight excluding hydrogens is 286 g/mol. The van der Waals surface area contributed by atoms with Crippen LogP contribution >= 0.6 is 11.3 Å². The second kappa shape index (κ2) is 7.11. The fourth-order valence-electron chi connectivity index (χ4n) is 1.88. The highest BCUT2D eigenvalue weighted by Gasteiger charge is 2.13. The molecule has 2 rings (SSSR count). The average molecular weight is 303 g/mol. The zero-order chi connectivity index (χ0) is 15.2. The Labute approximate surface area is 127 Å². The van der Waals surface area contributed by atoms with E-state index in [0.717, 1.165) is 16.2 Å². The summed E-state index contributed by atoms with van der Waals surface area (Å²) < 4.78 is 5.35. The first-order valence-corrected chi connectivity index (χ1v) is 7.50. The van der Waals surface area contributed by atoms with Crippen molar-refractivity contribution >= 4 is 17.2 Å². The van der Waals surface area contributed by atoms with E-state index in [-0.39, 0.29) is 12.5 Å². The van der Waals surface area contributed by atoms with Gasteiger partial charge < -0.3 is 14.8 Å². The minimum Gasteiger partial charge on any atom is -0.466 e. The molecule has 2 aromatic heterocycles. The molecule has 2 N–H and O–H groups in total. The number of aryl methyl sites for hydroxylation is 2. The Kier molecular flexibility index (Phi) is 5.20. The second-order valence-electron chi connectivity index (χ2n) is 4.59. The number of furan rings is 1. The third kappa shape index (κ3) is 4.22. The predicted octanol–water partition coefficient (Wildman–Crippen LogP) is 2.62. The van der Waals surface area contributed by atoms with Crippen LogP contribution in [0.5, 0.6) is 0 Å². The highest BCUT2D eigenvalue weighted by atomic mass is 32.1. The first-order chi connectivity index (χ1) is 10.1. The zero-order valence-corrected chi connectivity index (χ0v) is 12.8. The van der Waals surface area contributed by atoms with Crippen molar-refractivity contribution in [1.82, 2.24) is 5.32 Å². The van der Waals surface area contributed by atoms with Gasteiger partial charge in [-0.2, -0.15) is 0 Å². The molecule has 0 bridgehead atoms. The van der Waals surface area contributed by atoms with E-state index in [1.54, 1.807) is 24.3 Å². The standard InChI is InChI=1S/C16H17NO3S/c1-11-7-15(12(2)20-11)16(19)17-9-14-8-13(10-21-14)5-3-4-6-18/h7-8,10,18H,4,6,9H2,1-2H3,(H,17,19). The molecule has 4 nitrogen and oxygen atoms in total. The number of aliphatic hydroxyl groups excluding tert-OH is 1. The molecule has 0 unspecified atom stereocenters. The summed E-state index contributed by atoms with van der Waals surface area (Å²) in [6, 6.07) is 3.69. The maximum Gasteiger partial charge on any atom is 0.255 e. The van der Waals surface area contributed by atoms with E-state index < -0.39 is 0 Å². The molecule has 0 fully saturated rings. The highest BCUT2D eigenvalue weighted by molar-refractivity contribution is 7.10. The van der Waals surface area contributed by atoms with E-state index in [9.17, 15) is 4.79 Å². The second-order valence-corrected chi connectivity index (χ2v) is 5.58. The number of hydrogen-bond acceptors (Lipinski definition) is 4. The number of aliphatic hydroxyl groups is 1. The van der Waals surface area contributed by atoms with Crippen LogP contribution in [0.1, 0.15) is 38.7 Å². The Bertz CT molecular complexity index is 688. The van der Waals surface area contributed by atoms with Crippen LogP contribution in [0.25, 0.3) is 0 Å². The first-order valence-electron chi connectivity index (χ1n) is 6.62. The van der Waals surface area contributed by atoms with Crippen molar-refractivity contribution in [3.8, 4) is 11.8 Å². The molecule has 0 aliphatic carbocycles. The molecule has 0 radical (unpaired) electrons. The van der Waals surface area contributed by atoms with Gasteiger partial charge in [-0.05, 0) is 26.0 Å². The van der Waals surface area contributed by atoms with Crippen molar-refractivity contribution in [2.75, 3.05) is 6.61 Å². The van der Waals surface area contributed by atoms with Crippen molar-refractivity contribution < 1.29 is 14.3 Å². The Balaban J connectivity index is 1.93. The largest absolute Gasteiger partial charge is 0.466 e. The van der Waals surface area contributed by atoms with Crippen LogP contribution in [0.2, 0.25) is 0 Å². The lowest BCUT2D eigenvalue weighted by atomic mass is 10.2. The van der Waals surface area contributed by atoms with Gasteiger partial charge in [0, 0.05) is 22.2 Å². The van der Waals surface area contributed by atoms with Gasteiger partial charge in [-0.3, -0.25) is 4.79 Å². The van der Waals surface area contributed by atoms with Gasteiger partial charge in [0.1, 0.15) is 11.5 Å². The summed E-state index contributed by atoms with van der Waals surface area (Å²) in [5, 5.41) is 13.5. The fraction of sp³-hybridized carbons (Fsp3) is 0.312. The van der Waals surface area contributed by atoms with Gasteiger partial charge in [0.25, 0.3) is 5.91 Å². The van der Waals surface area contributed by atoms with Gasteiger partial charge in [-0.1, -0.05) is 11.8 Å². The maximum absolute atomic E-state index is 12.0. The lowest BCUT2D eigenvalue weighted by molar-refractivity contribution is 0.0950. The average Bonchev–Trinajstić information content (AvgIpc) is 3.03. The van der Waals surface area contributed by atoms with Crippen LogP contribution in [-0.4, -0.2) is 17.6 Å². The van der Waals surface area contributed by atoms with E-state index in [1.165, 1.54) is 0 Å². The van der Waals surface area contributed by atoms with Gasteiger partial charge in [0.15, 0.2) is 0 Å². The predicted molar refractivity (Wildman–Crippen MR) is 82.3 cm³/mol. The van der Waals surface area contributed by atoms with Gasteiger partial charge in [0.05, 0.1) is 18.7 Å². The quantitative estimate of drug-likeness (QED) is 0.854. The summed E-state index contributed by atoms with van der Waals surface area (Å²) in [4.78, 5) is 13.1. The van der Waals surface area contributed by atoms with Gasteiger partial charge in [0.2, 0.25) is 0 Å². The number of carbonyl (C=O) groups excluding carboxylic acids is 1. The van der Waals surface area contributed by atoms with Crippen molar-refractivity contribution in [3.05, 3.63) is 45.0 Å². The Morgan fingerprint density at radius 1 is 1.43 bits per heavy atom. The van der Waals surface area contributed by atoms with Crippen LogP contribution in [0.3, 0.4) is 0 Å². The molecule has 0 saturated carbocycles. The summed E-state index contributed by atoms with van der Waals surface area (Å²) in [6.07, 6.45) is 0.473. The summed E-state index contributed by atoms with van der Waals surface area (Å²) in [5.74, 6) is 7.07. The minimum atomic E-state index is -0.134. The molecule has 0 aromatic carbocycles. The zero-order valence-electron chi connectivity index (χ0n) is 12.0.